The molecule has 0 spiro atoms. The van der Waals surface area contributed by atoms with Crippen LogP contribution in [0.2, 0.25) is 0 Å². The van der Waals surface area contributed by atoms with Gasteiger partial charge in [-0.25, -0.2) is 0 Å². The average molecular weight is 241 g/mol. The van der Waals surface area contributed by atoms with Crippen molar-refractivity contribution < 1.29 is 4.74 Å². The van der Waals surface area contributed by atoms with Crippen molar-refractivity contribution in [2.75, 3.05) is 31.2 Å². The first-order valence-corrected chi connectivity index (χ1v) is 6.59. The van der Waals surface area contributed by atoms with Gasteiger partial charge < -0.3 is 9.64 Å². The van der Waals surface area contributed by atoms with Gasteiger partial charge in [-0.2, -0.15) is 0 Å². The van der Waals surface area contributed by atoms with E-state index in [4.69, 9.17) is 4.74 Å². The topological polar surface area (TPSA) is 12.5 Å². The van der Waals surface area contributed by atoms with E-state index < -0.39 is 0 Å². The van der Waals surface area contributed by atoms with Crippen LogP contribution in [-0.4, -0.2) is 26.3 Å². The highest BCUT2D eigenvalue weighted by atomic mass is 16.5. The van der Waals surface area contributed by atoms with E-state index in [-0.39, 0.29) is 0 Å². The standard InChI is InChI=1S/C16H19NO/c1-12-11-14-5-3-4-6-15(14)16(13(12)2)17-7-9-18-10-8-17/h3-6,11H,7-10H2,1-2H3. The highest BCUT2D eigenvalue weighted by Crippen LogP contribution is 2.33. The number of ether oxygens (including phenoxy) is 1. The molecule has 0 N–H and O–H groups in total. The predicted molar refractivity (Wildman–Crippen MR) is 76.5 cm³/mol. The molecule has 2 aromatic rings. The van der Waals surface area contributed by atoms with Gasteiger partial charge in [-0.15, -0.1) is 0 Å². The normalized spacial score (nSPS) is 16.2. The van der Waals surface area contributed by atoms with Crippen LogP contribution < -0.4 is 4.90 Å². The van der Waals surface area contributed by atoms with Crippen LogP contribution in [0, 0.1) is 13.8 Å². The van der Waals surface area contributed by atoms with Gasteiger partial charge in [0.2, 0.25) is 0 Å². The van der Waals surface area contributed by atoms with Gasteiger partial charge >= 0.3 is 0 Å². The molecule has 3 rings (SSSR count). The minimum absolute atomic E-state index is 0.835. The molecule has 1 heterocycles. The van der Waals surface area contributed by atoms with Crippen molar-refractivity contribution >= 4 is 16.5 Å². The van der Waals surface area contributed by atoms with E-state index >= 15 is 0 Å². The number of aryl methyl sites for hydroxylation is 1. The van der Waals surface area contributed by atoms with Crippen LogP contribution >= 0.6 is 0 Å². The Morgan fingerprint density at radius 1 is 1.06 bits per heavy atom. The number of benzene rings is 2. The molecular formula is C16H19NO. The van der Waals surface area contributed by atoms with Crippen LogP contribution in [0.5, 0.6) is 0 Å². The third-order valence-corrected chi connectivity index (χ3v) is 3.86. The van der Waals surface area contributed by atoms with Crippen molar-refractivity contribution in [2.24, 2.45) is 0 Å². The van der Waals surface area contributed by atoms with Gasteiger partial charge in [0.15, 0.2) is 0 Å². The molecule has 0 amide bonds. The van der Waals surface area contributed by atoms with Crippen LogP contribution in [0.4, 0.5) is 5.69 Å². The first-order chi connectivity index (χ1) is 8.77. The molecule has 0 aliphatic carbocycles. The van der Waals surface area contributed by atoms with Crippen molar-refractivity contribution in [1.29, 1.82) is 0 Å². The summed E-state index contributed by atoms with van der Waals surface area (Å²) in [6.45, 7) is 8.09. The summed E-state index contributed by atoms with van der Waals surface area (Å²) >= 11 is 0. The molecule has 0 radical (unpaired) electrons. The summed E-state index contributed by atoms with van der Waals surface area (Å²) in [5.41, 5.74) is 4.17. The zero-order chi connectivity index (χ0) is 12.5. The SMILES string of the molecule is Cc1cc2ccccc2c(N2CCOCC2)c1C. The van der Waals surface area contributed by atoms with Crippen molar-refractivity contribution in [3.05, 3.63) is 41.5 Å². The van der Waals surface area contributed by atoms with E-state index in [1.54, 1.807) is 0 Å². The molecule has 0 atom stereocenters. The van der Waals surface area contributed by atoms with Crippen molar-refractivity contribution in [3.63, 3.8) is 0 Å². The second-order valence-electron chi connectivity index (χ2n) is 4.99. The van der Waals surface area contributed by atoms with Crippen LogP contribution in [0.3, 0.4) is 0 Å². The summed E-state index contributed by atoms with van der Waals surface area (Å²) in [6, 6.07) is 11.0. The molecule has 2 nitrogen and oxygen atoms in total. The molecule has 18 heavy (non-hydrogen) atoms. The number of hydrogen-bond donors (Lipinski definition) is 0. The van der Waals surface area contributed by atoms with E-state index in [0.29, 0.717) is 0 Å². The molecule has 1 aliphatic heterocycles. The van der Waals surface area contributed by atoms with Gasteiger partial charge in [0.05, 0.1) is 13.2 Å². The van der Waals surface area contributed by atoms with Gasteiger partial charge in [0.1, 0.15) is 0 Å². The molecule has 2 aromatic carbocycles. The lowest BCUT2D eigenvalue weighted by molar-refractivity contribution is 0.123. The second-order valence-corrected chi connectivity index (χ2v) is 4.99. The fraction of sp³-hybridized carbons (Fsp3) is 0.375. The molecule has 0 saturated carbocycles. The quantitative estimate of drug-likeness (QED) is 0.759. The van der Waals surface area contributed by atoms with E-state index in [1.807, 2.05) is 0 Å². The van der Waals surface area contributed by atoms with Crippen molar-refractivity contribution in [3.8, 4) is 0 Å². The lowest BCUT2D eigenvalue weighted by Crippen LogP contribution is -2.36. The van der Waals surface area contributed by atoms with Crippen molar-refractivity contribution in [1.82, 2.24) is 0 Å². The predicted octanol–water partition coefficient (Wildman–Crippen LogP) is 3.29. The Morgan fingerprint density at radius 3 is 2.56 bits per heavy atom. The Balaban J connectivity index is 2.21. The summed E-state index contributed by atoms with van der Waals surface area (Å²) in [7, 11) is 0. The average Bonchev–Trinajstić information content (AvgIpc) is 2.41. The minimum atomic E-state index is 0.835. The van der Waals surface area contributed by atoms with E-state index in [9.17, 15) is 0 Å². The van der Waals surface area contributed by atoms with Gasteiger partial charge in [-0.05, 0) is 30.4 Å². The zero-order valence-electron chi connectivity index (χ0n) is 11.1. The summed E-state index contributed by atoms with van der Waals surface area (Å²) < 4.78 is 5.46. The van der Waals surface area contributed by atoms with E-state index in [0.717, 1.165) is 26.3 Å². The first-order valence-electron chi connectivity index (χ1n) is 6.59. The maximum absolute atomic E-state index is 5.46. The molecule has 1 aliphatic rings. The third-order valence-electron chi connectivity index (χ3n) is 3.86. The Hall–Kier alpha value is -1.54. The highest BCUT2D eigenvalue weighted by molar-refractivity contribution is 5.96. The van der Waals surface area contributed by atoms with Gasteiger partial charge in [-0.3, -0.25) is 0 Å². The van der Waals surface area contributed by atoms with Gasteiger partial charge in [0, 0.05) is 24.2 Å². The molecule has 1 fully saturated rings. The van der Waals surface area contributed by atoms with Crippen LogP contribution in [0.15, 0.2) is 30.3 Å². The summed E-state index contributed by atoms with van der Waals surface area (Å²) in [5, 5.41) is 2.70. The number of hydrogen-bond acceptors (Lipinski definition) is 2. The molecule has 94 valence electrons. The molecular weight excluding hydrogens is 222 g/mol. The van der Waals surface area contributed by atoms with Crippen LogP contribution in [0.1, 0.15) is 11.1 Å². The highest BCUT2D eigenvalue weighted by Gasteiger charge is 2.17. The van der Waals surface area contributed by atoms with Crippen LogP contribution in [0.25, 0.3) is 10.8 Å². The Morgan fingerprint density at radius 2 is 1.78 bits per heavy atom. The fourth-order valence-corrected chi connectivity index (χ4v) is 2.76. The molecule has 2 heteroatoms. The van der Waals surface area contributed by atoms with Crippen molar-refractivity contribution in [2.45, 2.75) is 13.8 Å². The monoisotopic (exact) mass is 241 g/mol. The largest absolute Gasteiger partial charge is 0.378 e. The Labute approximate surface area is 108 Å². The van der Waals surface area contributed by atoms with E-state index in [1.165, 1.54) is 27.6 Å². The first kappa shape index (κ1) is 11.5. The molecule has 0 unspecified atom stereocenters. The number of rotatable bonds is 1. The summed E-state index contributed by atoms with van der Waals surface area (Å²) in [4.78, 5) is 2.47. The molecule has 0 aromatic heterocycles. The zero-order valence-corrected chi connectivity index (χ0v) is 11.1. The number of anilines is 1. The Bertz CT molecular complexity index is 571. The second kappa shape index (κ2) is 4.62. The summed E-state index contributed by atoms with van der Waals surface area (Å²) in [5.74, 6) is 0. The third kappa shape index (κ3) is 1.87. The van der Waals surface area contributed by atoms with E-state index in [2.05, 4.69) is 49.1 Å². The Kier molecular flexibility index (Phi) is 2.96. The maximum Gasteiger partial charge on any atom is 0.0642 e. The molecule has 0 bridgehead atoms. The van der Waals surface area contributed by atoms with Gasteiger partial charge in [-0.1, -0.05) is 30.3 Å². The lowest BCUT2D eigenvalue weighted by Gasteiger charge is -2.32. The minimum Gasteiger partial charge on any atom is -0.378 e. The van der Waals surface area contributed by atoms with Crippen LogP contribution in [-0.2, 0) is 4.74 Å². The smallest absolute Gasteiger partial charge is 0.0642 e. The lowest BCUT2D eigenvalue weighted by atomic mass is 9.99. The number of nitrogens with zero attached hydrogens (tertiary/aromatic N) is 1. The van der Waals surface area contributed by atoms with Gasteiger partial charge in [0.25, 0.3) is 0 Å². The summed E-state index contributed by atoms with van der Waals surface area (Å²) in [6.07, 6.45) is 0. The maximum atomic E-state index is 5.46. The fourth-order valence-electron chi connectivity index (χ4n) is 2.76. The molecule has 1 saturated heterocycles. The number of morpholine rings is 1. The number of fused-ring (bicyclic) bond motifs is 1.